The molecule has 0 spiro atoms. The first-order valence-corrected chi connectivity index (χ1v) is 5.82. The number of allylic oxidation sites excluding steroid dienone is 1. The van der Waals surface area contributed by atoms with Gasteiger partial charge < -0.3 is 4.74 Å². The molecule has 1 fully saturated rings. The molecule has 0 aromatic heterocycles. The Bertz CT molecular complexity index is 522. The minimum atomic E-state index is -0.333. The summed E-state index contributed by atoms with van der Waals surface area (Å²) in [4.78, 5) is 23.1. The van der Waals surface area contributed by atoms with Gasteiger partial charge >= 0.3 is 0 Å². The van der Waals surface area contributed by atoms with Gasteiger partial charge in [-0.15, -0.1) is 0 Å². The second kappa shape index (κ2) is 4.63. The van der Waals surface area contributed by atoms with Gasteiger partial charge in [0.2, 0.25) is 0 Å². The van der Waals surface area contributed by atoms with Gasteiger partial charge in [-0.3, -0.25) is 14.9 Å². The molecule has 1 saturated heterocycles. The van der Waals surface area contributed by atoms with Gasteiger partial charge in [-0.05, 0) is 42.0 Å². The molecule has 2 rings (SSSR count). The third kappa shape index (κ3) is 2.34. The number of carbonyl (C=O) groups excluding carboxylic acids is 2. The zero-order valence-corrected chi connectivity index (χ0v) is 10.3. The van der Waals surface area contributed by atoms with Crippen LogP contribution in [0.2, 0.25) is 0 Å². The molecule has 1 N–H and O–H groups in total. The number of rotatable bonds is 2. The lowest BCUT2D eigenvalue weighted by Gasteiger charge is -2.06. The average molecular weight is 249 g/mol. The fraction of sp³-hybridized carbons (Fsp3) is 0.167. The summed E-state index contributed by atoms with van der Waals surface area (Å²) in [5, 5.41) is 1.92. The van der Waals surface area contributed by atoms with Crippen LogP contribution in [0, 0.1) is 0 Å². The van der Waals surface area contributed by atoms with E-state index in [0.29, 0.717) is 4.91 Å². The number of imide groups is 1. The van der Waals surface area contributed by atoms with E-state index in [1.807, 2.05) is 31.2 Å². The molecule has 0 unspecified atom stereocenters. The summed E-state index contributed by atoms with van der Waals surface area (Å²) in [6.07, 6.45) is 0. The van der Waals surface area contributed by atoms with Gasteiger partial charge in [-0.2, -0.15) is 0 Å². The number of amides is 2. The predicted molar refractivity (Wildman–Crippen MR) is 66.7 cm³/mol. The van der Waals surface area contributed by atoms with E-state index in [1.165, 1.54) is 0 Å². The zero-order valence-electron chi connectivity index (χ0n) is 9.44. The van der Waals surface area contributed by atoms with Crippen molar-refractivity contribution in [1.82, 2.24) is 5.32 Å². The Morgan fingerprint density at radius 1 is 1.35 bits per heavy atom. The van der Waals surface area contributed by atoms with Gasteiger partial charge in [0.15, 0.2) is 0 Å². The molecule has 0 radical (unpaired) electrons. The van der Waals surface area contributed by atoms with Crippen LogP contribution >= 0.6 is 11.8 Å². The van der Waals surface area contributed by atoms with E-state index in [4.69, 9.17) is 4.74 Å². The van der Waals surface area contributed by atoms with Crippen LogP contribution in [-0.4, -0.2) is 18.3 Å². The normalized spacial score (nSPS) is 18.0. The number of ether oxygens (including phenoxy) is 1. The molecule has 4 nitrogen and oxygen atoms in total. The van der Waals surface area contributed by atoms with E-state index in [2.05, 4.69) is 5.32 Å². The number of hydrogen-bond donors (Lipinski definition) is 1. The fourth-order valence-electron chi connectivity index (χ4n) is 1.55. The van der Waals surface area contributed by atoms with Crippen LogP contribution in [0.3, 0.4) is 0 Å². The summed E-state index contributed by atoms with van der Waals surface area (Å²) in [5.41, 5.74) is 1.65. The third-order valence-corrected chi connectivity index (χ3v) is 3.44. The molecule has 1 aromatic carbocycles. The molecule has 0 aliphatic carbocycles. The van der Waals surface area contributed by atoms with E-state index in [0.717, 1.165) is 28.6 Å². The third-order valence-electron chi connectivity index (χ3n) is 2.46. The molecule has 0 atom stereocenters. The maximum atomic E-state index is 11.5. The molecule has 1 aromatic rings. The summed E-state index contributed by atoms with van der Waals surface area (Å²) in [7, 11) is 1.59. The Morgan fingerprint density at radius 2 is 2.12 bits per heavy atom. The molecule has 0 bridgehead atoms. The van der Waals surface area contributed by atoms with Crippen molar-refractivity contribution >= 4 is 28.5 Å². The molecule has 88 valence electrons. The fourth-order valence-corrected chi connectivity index (χ4v) is 2.29. The number of methoxy groups -OCH3 is 1. The van der Waals surface area contributed by atoms with Crippen molar-refractivity contribution in [2.24, 2.45) is 0 Å². The molecule has 17 heavy (non-hydrogen) atoms. The summed E-state index contributed by atoms with van der Waals surface area (Å²) in [5.74, 6) is 0.387. The van der Waals surface area contributed by atoms with Gasteiger partial charge in [0.1, 0.15) is 5.75 Å². The quantitative estimate of drug-likeness (QED) is 0.818. The van der Waals surface area contributed by atoms with Gasteiger partial charge in [0.05, 0.1) is 12.0 Å². The first-order valence-electron chi connectivity index (χ1n) is 5.00. The number of nitrogens with one attached hydrogen (secondary N) is 1. The smallest absolute Gasteiger partial charge is 0.290 e. The largest absolute Gasteiger partial charge is 0.497 e. The van der Waals surface area contributed by atoms with Gasteiger partial charge in [-0.1, -0.05) is 12.1 Å². The maximum Gasteiger partial charge on any atom is 0.290 e. The molecule has 1 heterocycles. The number of thioether (sulfide) groups is 1. The first-order chi connectivity index (χ1) is 8.11. The number of benzene rings is 1. The van der Waals surface area contributed by atoms with Crippen LogP contribution in [0.1, 0.15) is 12.5 Å². The van der Waals surface area contributed by atoms with Crippen molar-refractivity contribution in [1.29, 1.82) is 0 Å². The summed E-state index contributed by atoms with van der Waals surface area (Å²) < 4.78 is 5.12. The van der Waals surface area contributed by atoms with Crippen LogP contribution in [0.25, 0.3) is 5.57 Å². The molecular formula is C12H11NO3S. The van der Waals surface area contributed by atoms with Crippen LogP contribution in [-0.2, 0) is 4.79 Å². The highest BCUT2D eigenvalue weighted by Crippen LogP contribution is 2.32. The van der Waals surface area contributed by atoms with Gasteiger partial charge in [-0.25, -0.2) is 0 Å². The van der Waals surface area contributed by atoms with Crippen LogP contribution in [0.15, 0.2) is 29.2 Å². The molecule has 0 saturated carbocycles. The van der Waals surface area contributed by atoms with Crippen molar-refractivity contribution < 1.29 is 14.3 Å². The Morgan fingerprint density at radius 3 is 2.71 bits per heavy atom. The summed E-state index contributed by atoms with van der Waals surface area (Å²) in [6.45, 7) is 1.81. The second-order valence-electron chi connectivity index (χ2n) is 3.53. The predicted octanol–water partition coefficient (Wildman–Crippen LogP) is 2.41. The Balaban J connectivity index is 2.42. The van der Waals surface area contributed by atoms with Crippen molar-refractivity contribution in [3.05, 3.63) is 34.7 Å². The van der Waals surface area contributed by atoms with Crippen LogP contribution in [0.5, 0.6) is 5.75 Å². The van der Waals surface area contributed by atoms with Crippen molar-refractivity contribution in [2.45, 2.75) is 6.92 Å². The van der Waals surface area contributed by atoms with Crippen molar-refractivity contribution in [3.8, 4) is 5.75 Å². The molecule has 1 aliphatic rings. The van der Waals surface area contributed by atoms with Crippen molar-refractivity contribution in [2.75, 3.05) is 7.11 Å². The highest BCUT2D eigenvalue weighted by molar-refractivity contribution is 8.18. The SMILES string of the molecule is COc1cccc(/C(C)=C2/SC(=O)NC2=O)c1. The maximum absolute atomic E-state index is 11.5. The molecule has 2 amide bonds. The summed E-state index contributed by atoms with van der Waals surface area (Å²) in [6, 6.07) is 7.38. The standard InChI is InChI=1S/C12H11NO3S/c1-7(10-11(14)13-12(15)17-10)8-4-3-5-9(6-8)16-2/h3-6H,1-2H3,(H,13,14,15)/b10-7+. The lowest BCUT2D eigenvalue weighted by Crippen LogP contribution is -2.18. The number of carbonyl (C=O) groups is 2. The topological polar surface area (TPSA) is 55.4 Å². The minimum absolute atomic E-state index is 0.327. The lowest BCUT2D eigenvalue weighted by molar-refractivity contribution is -0.115. The molecular weight excluding hydrogens is 238 g/mol. The molecule has 5 heteroatoms. The monoisotopic (exact) mass is 249 g/mol. The zero-order chi connectivity index (χ0) is 12.4. The first kappa shape index (κ1) is 11.7. The molecule has 1 aliphatic heterocycles. The van der Waals surface area contributed by atoms with E-state index < -0.39 is 0 Å². The lowest BCUT2D eigenvalue weighted by atomic mass is 10.1. The van der Waals surface area contributed by atoms with E-state index in [9.17, 15) is 9.59 Å². The van der Waals surface area contributed by atoms with Gasteiger partial charge in [0.25, 0.3) is 11.1 Å². The second-order valence-corrected chi connectivity index (χ2v) is 4.51. The van der Waals surface area contributed by atoms with E-state index in [-0.39, 0.29) is 11.1 Å². The summed E-state index contributed by atoms with van der Waals surface area (Å²) >= 11 is 0.929. The average Bonchev–Trinajstić information content (AvgIpc) is 2.67. The highest BCUT2D eigenvalue weighted by atomic mass is 32.2. The Labute approximate surface area is 103 Å². The number of hydrogen-bond acceptors (Lipinski definition) is 4. The van der Waals surface area contributed by atoms with Crippen LogP contribution in [0.4, 0.5) is 4.79 Å². The van der Waals surface area contributed by atoms with Gasteiger partial charge in [0, 0.05) is 0 Å². The van der Waals surface area contributed by atoms with E-state index in [1.54, 1.807) is 7.11 Å². The minimum Gasteiger partial charge on any atom is -0.497 e. The Hall–Kier alpha value is -1.75. The van der Waals surface area contributed by atoms with Crippen LogP contribution < -0.4 is 10.1 Å². The van der Waals surface area contributed by atoms with E-state index >= 15 is 0 Å². The Kier molecular flexibility index (Phi) is 3.19. The van der Waals surface area contributed by atoms with Crippen molar-refractivity contribution in [3.63, 3.8) is 0 Å². The highest BCUT2D eigenvalue weighted by Gasteiger charge is 2.27.